The Hall–Kier alpha value is -2.59. The summed E-state index contributed by atoms with van der Waals surface area (Å²) in [4.78, 5) is 15.0. The molecule has 4 heteroatoms. The van der Waals surface area contributed by atoms with Gasteiger partial charge in [-0.1, -0.05) is 82.6 Å². The Balaban J connectivity index is 0.000000304. The Bertz CT molecular complexity index is 990. The van der Waals surface area contributed by atoms with E-state index in [-0.39, 0.29) is 11.5 Å². The fourth-order valence-corrected chi connectivity index (χ4v) is 4.30. The molecule has 2 atom stereocenters. The average molecular weight is 437 g/mol. The molecule has 0 radical (unpaired) electrons. The summed E-state index contributed by atoms with van der Waals surface area (Å²) in [5.74, 6) is 0.509. The number of para-hydroxylation sites is 1. The molecule has 32 heavy (non-hydrogen) atoms. The molecule has 2 unspecified atom stereocenters. The number of aryl methyl sites for hydroxylation is 2. The maximum atomic E-state index is 9.97. The summed E-state index contributed by atoms with van der Waals surface area (Å²) in [6.07, 6.45) is 3.44. The lowest BCUT2D eigenvalue weighted by Crippen LogP contribution is -2.29. The first-order valence-corrected chi connectivity index (χ1v) is 11.8. The number of carbonyl (C=O) groups excluding carboxylic acids is 1. The molecule has 0 aliphatic carbocycles. The third kappa shape index (κ3) is 5.42. The summed E-state index contributed by atoms with van der Waals surface area (Å²) < 4.78 is 0. The smallest absolute Gasteiger partial charge is 0.209 e. The van der Waals surface area contributed by atoms with E-state index in [9.17, 15) is 4.79 Å². The van der Waals surface area contributed by atoms with Crippen LogP contribution in [-0.4, -0.2) is 40.6 Å². The molecule has 1 aliphatic rings. The molecule has 0 spiro atoms. The lowest BCUT2D eigenvalue weighted by molar-refractivity contribution is -0.117. The van der Waals surface area contributed by atoms with Crippen molar-refractivity contribution in [1.82, 2.24) is 9.88 Å². The Labute approximate surface area is 193 Å². The van der Waals surface area contributed by atoms with Crippen LogP contribution in [0, 0.1) is 19.8 Å². The van der Waals surface area contributed by atoms with Crippen molar-refractivity contribution in [2.24, 2.45) is 5.92 Å². The fourth-order valence-electron chi connectivity index (χ4n) is 4.30. The molecule has 1 amide bonds. The zero-order chi connectivity index (χ0) is 23.9. The molecule has 2 aromatic carbocycles. The molecule has 4 nitrogen and oxygen atoms in total. The van der Waals surface area contributed by atoms with E-state index in [1.54, 1.807) is 4.90 Å². The minimum Gasteiger partial charge on any atom is -0.391 e. The fraction of sp³-hybridized carbons (Fsp3) is 0.464. The second-order valence-electron chi connectivity index (χ2n) is 8.97. The van der Waals surface area contributed by atoms with Crippen molar-refractivity contribution < 1.29 is 9.90 Å². The van der Waals surface area contributed by atoms with Gasteiger partial charge in [0.05, 0.1) is 6.10 Å². The van der Waals surface area contributed by atoms with E-state index in [0.29, 0.717) is 19.0 Å². The Morgan fingerprint density at radius 1 is 1.12 bits per heavy atom. The SMILES string of the molecule is CC.Cc1ccc(C(C)(c2c[nH]c3c(C)cccc23)C(C)C)cc1.O=CN1CCC(O)C1. The van der Waals surface area contributed by atoms with Crippen molar-refractivity contribution >= 4 is 17.3 Å². The van der Waals surface area contributed by atoms with Crippen LogP contribution in [0.15, 0.2) is 48.7 Å². The number of likely N-dealkylation sites (tertiary alicyclic amines) is 1. The number of rotatable bonds is 4. The number of aromatic amines is 1. The van der Waals surface area contributed by atoms with Crippen LogP contribution in [0.5, 0.6) is 0 Å². The zero-order valence-corrected chi connectivity index (χ0v) is 20.8. The van der Waals surface area contributed by atoms with Crippen LogP contribution in [-0.2, 0) is 10.2 Å². The number of aliphatic hydroxyl groups is 1. The summed E-state index contributed by atoms with van der Waals surface area (Å²) in [6, 6.07) is 15.6. The number of hydrogen-bond acceptors (Lipinski definition) is 2. The number of H-pyrrole nitrogens is 1. The molecule has 1 aromatic heterocycles. The van der Waals surface area contributed by atoms with Gasteiger partial charge in [-0.2, -0.15) is 0 Å². The third-order valence-corrected chi connectivity index (χ3v) is 6.63. The van der Waals surface area contributed by atoms with Crippen LogP contribution in [0.4, 0.5) is 0 Å². The summed E-state index contributed by atoms with van der Waals surface area (Å²) in [6.45, 7) is 16.5. The predicted octanol–water partition coefficient (Wildman–Crippen LogP) is 5.98. The average Bonchev–Trinajstić information content (AvgIpc) is 3.42. The van der Waals surface area contributed by atoms with E-state index in [1.165, 1.54) is 33.2 Å². The number of hydrogen-bond donors (Lipinski definition) is 2. The molecule has 3 aromatic rings. The summed E-state index contributed by atoms with van der Waals surface area (Å²) in [5, 5.41) is 10.2. The van der Waals surface area contributed by atoms with Crippen LogP contribution in [0.3, 0.4) is 0 Å². The van der Waals surface area contributed by atoms with Gasteiger partial charge in [0, 0.05) is 35.6 Å². The first kappa shape index (κ1) is 25.7. The summed E-state index contributed by atoms with van der Waals surface area (Å²) in [7, 11) is 0. The quantitative estimate of drug-likeness (QED) is 0.494. The summed E-state index contributed by atoms with van der Waals surface area (Å²) in [5.41, 5.74) is 6.65. The second kappa shape index (κ2) is 11.3. The van der Waals surface area contributed by atoms with Crippen molar-refractivity contribution in [3.63, 3.8) is 0 Å². The molecule has 2 N–H and O–H groups in total. The molecule has 2 heterocycles. The number of amides is 1. The maximum Gasteiger partial charge on any atom is 0.209 e. The number of aromatic nitrogens is 1. The van der Waals surface area contributed by atoms with Crippen molar-refractivity contribution in [2.75, 3.05) is 13.1 Å². The van der Waals surface area contributed by atoms with E-state index in [1.807, 2.05) is 13.8 Å². The first-order chi connectivity index (χ1) is 15.3. The van der Waals surface area contributed by atoms with Crippen LogP contribution in [0.1, 0.15) is 63.3 Å². The molecule has 0 bridgehead atoms. The second-order valence-corrected chi connectivity index (χ2v) is 8.97. The third-order valence-electron chi connectivity index (χ3n) is 6.63. The Morgan fingerprint density at radius 3 is 2.28 bits per heavy atom. The van der Waals surface area contributed by atoms with Gasteiger partial charge in [-0.25, -0.2) is 0 Å². The number of aliphatic hydroxyl groups excluding tert-OH is 1. The molecule has 174 valence electrons. The highest BCUT2D eigenvalue weighted by Gasteiger charge is 2.34. The van der Waals surface area contributed by atoms with Gasteiger partial charge >= 0.3 is 0 Å². The van der Waals surface area contributed by atoms with Crippen LogP contribution >= 0.6 is 0 Å². The molecular weight excluding hydrogens is 396 g/mol. The van der Waals surface area contributed by atoms with Crippen LogP contribution < -0.4 is 0 Å². The van der Waals surface area contributed by atoms with Gasteiger partial charge in [0.1, 0.15) is 0 Å². The van der Waals surface area contributed by atoms with E-state index in [2.05, 4.69) is 88.3 Å². The Morgan fingerprint density at radius 2 is 1.78 bits per heavy atom. The number of carbonyl (C=O) groups is 1. The number of fused-ring (bicyclic) bond motifs is 1. The molecular formula is C28H40N2O2. The highest BCUT2D eigenvalue weighted by atomic mass is 16.3. The van der Waals surface area contributed by atoms with Gasteiger partial charge in [0.2, 0.25) is 6.41 Å². The van der Waals surface area contributed by atoms with Crippen LogP contribution in [0.25, 0.3) is 10.9 Å². The molecule has 1 saturated heterocycles. The minimum absolute atomic E-state index is 0.000255. The van der Waals surface area contributed by atoms with E-state index in [4.69, 9.17) is 5.11 Å². The largest absolute Gasteiger partial charge is 0.391 e. The van der Waals surface area contributed by atoms with Crippen molar-refractivity contribution in [3.05, 3.63) is 70.9 Å². The van der Waals surface area contributed by atoms with Crippen molar-refractivity contribution in [1.29, 1.82) is 0 Å². The van der Waals surface area contributed by atoms with Crippen molar-refractivity contribution in [2.45, 2.75) is 66.4 Å². The van der Waals surface area contributed by atoms with Gasteiger partial charge in [-0.3, -0.25) is 4.79 Å². The number of β-amino-alcohol motifs (C(OH)–C–C–N with tert-alkyl or cyclic N) is 1. The number of nitrogens with zero attached hydrogens (tertiary/aromatic N) is 1. The van der Waals surface area contributed by atoms with Crippen molar-refractivity contribution in [3.8, 4) is 0 Å². The predicted molar refractivity (Wildman–Crippen MR) is 135 cm³/mol. The standard InChI is InChI=1S/C21H25N.C5H9NO2.C2H6/c1-14(2)21(5,17-11-9-15(3)10-12-17)19-13-22-20-16(4)7-6-8-18(19)20;7-4-6-2-1-5(8)3-6;1-2/h6-14,22H,1-5H3;4-5,8H,1-3H2;1-2H3. The lowest BCUT2D eigenvalue weighted by Gasteiger charge is -2.35. The molecule has 4 rings (SSSR count). The molecule has 0 saturated carbocycles. The number of benzene rings is 2. The highest BCUT2D eigenvalue weighted by molar-refractivity contribution is 5.87. The lowest BCUT2D eigenvalue weighted by atomic mass is 9.68. The normalized spacial score (nSPS) is 17.3. The van der Waals surface area contributed by atoms with Gasteiger partial charge in [0.15, 0.2) is 0 Å². The molecule has 1 aliphatic heterocycles. The van der Waals surface area contributed by atoms with E-state index < -0.39 is 0 Å². The van der Waals surface area contributed by atoms with Gasteiger partial charge in [-0.15, -0.1) is 0 Å². The van der Waals surface area contributed by atoms with Gasteiger partial charge in [-0.05, 0) is 42.9 Å². The van der Waals surface area contributed by atoms with E-state index in [0.717, 1.165) is 12.8 Å². The zero-order valence-electron chi connectivity index (χ0n) is 20.8. The minimum atomic E-state index is -0.278. The number of nitrogens with one attached hydrogen (secondary N) is 1. The highest BCUT2D eigenvalue weighted by Crippen LogP contribution is 2.42. The Kier molecular flexibility index (Phi) is 9.09. The topological polar surface area (TPSA) is 56.3 Å². The maximum absolute atomic E-state index is 9.97. The van der Waals surface area contributed by atoms with Gasteiger partial charge in [0.25, 0.3) is 0 Å². The summed E-state index contributed by atoms with van der Waals surface area (Å²) >= 11 is 0. The molecule has 1 fully saturated rings. The first-order valence-electron chi connectivity index (χ1n) is 11.8. The van der Waals surface area contributed by atoms with Crippen LogP contribution in [0.2, 0.25) is 0 Å². The van der Waals surface area contributed by atoms with Gasteiger partial charge < -0.3 is 15.0 Å². The monoisotopic (exact) mass is 436 g/mol. The van der Waals surface area contributed by atoms with E-state index >= 15 is 0 Å².